The van der Waals surface area contributed by atoms with Gasteiger partial charge in [-0.3, -0.25) is 19.3 Å². The summed E-state index contributed by atoms with van der Waals surface area (Å²) in [5.74, 6) is 0.122. The summed E-state index contributed by atoms with van der Waals surface area (Å²) in [4.78, 5) is 27.9. The number of nitrogens with one attached hydrogen (secondary N) is 2. The van der Waals surface area contributed by atoms with Crippen LogP contribution in [0.5, 0.6) is 0 Å². The number of carbonyl (C=O) groups is 2. The minimum atomic E-state index is -0.174. The Kier molecular flexibility index (Phi) is 4.59. The molecule has 126 valence electrons. The van der Waals surface area contributed by atoms with Crippen LogP contribution in [0.15, 0.2) is 24.5 Å². The van der Waals surface area contributed by atoms with Gasteiger partial charge in [0, 0.05) is 26.2 Å². The molecule has 2 aromatic heterocycles. The SMILES string of the molecule is CC(=O)NCC1CCn2ncc(C(=O)Nc3cccnc3C)c2C1. The number of anilines is 1. The molecule has 2 amide bonds. The van der Waals surface area contributed by atoms with Gasteiger partial charge in [-0.15, -0.1) is 0 Å². The minimum Gasteiger partial charge on any atom is -0.356 e. The highest BCUT2D eigenvalue weighted by molar-refractivity contribution is 6.05. The molecule has 3 rings (SSSR count). The maximum absolute atomic E-state index is 12.6. The van der Waals surface area contributed by atoms with E-state index in [1.807, 2.05) is 17.7 Å². The summed E-state index contributed by atoms with van der Waals surface area (Å²) < 4.78 is 1.88. The molecule has 0 aliphatic carbocycles. The van der Waals surface area contributed by atoms with Gasteiger partial charge in [-0.05, 0) is 37.8 Å². The second-order valence-electron chi connectivity index (χ2n) is 6.11. The van der Waals surface area contributed by atoms with Crippen LogP contribution >= 0.6 is 0 Å². The zero-order chi connectivity index (χ0) is 17.1. The van der Waals surface area contributed by atoms with Gasteiger partial charge in [0.25, 0.3) is 5.91 Å². The van der Waals surface area contributed by atoms with Crippen molar-refractivity contribution in [2.75, 3.05) is 11.9 Å². The van der Waals surface area contributed by atoms with E-state index >= 15 is 0 Å². The predicted octanol–water partition coefficient (Wildman–Crippen LogP) is 1.54. The van der Waals surface area contributed by atoms with E-state index in [9.17, 15) is 9.59 Å². The predicted molar refractivity (Wildman–Crippen MR) is 89.6 cm³/mol. The van der Waals surface area contributed by atoms with E-state index in [1.165, 1.54) is 6.92 Å². The number of rotatable bonds is 4. The lowest BCUT2D eigenvalue weighted by Gasteiger charge is -2.24. The second kappa shape index (κ2) is 6.82. The van der Waals surface area contributed by atoms with Gasteiger partial charge < -0.3 is 10.6 Å². The van der Waals surface area contributed by atoms with Crippen molar-refractivity contribution >= 4 is 17.5 Å². The molecule has 1 aliphatic heterocycles. The summed E-state index contributed by atoms with van der Waals surface area (Å²) in [6.07, 6.45) is 4.99. The van der Waals surface area contributed by atoms with Crippen molar-refractivity contribution in [3.63, 3.8) is 0 Å². The van der Waals surface area contributed by atoms with Crippen molar-refractivity contribution in [3.05, 3.63) is 41.5 Å². The smallest absolute Gasteiger partial charge is 0.259 e. The first-order chi connectivity index (χ1) is 11.5. The molecule has 3 heterocycles. The van der Waals surface area contributed by atoms with E-state index in [2.05, 4.69) is 20.7 Å². The highest BCUT2D eigenvalue weighted by Crippen LogP contribution is 2.23. The molecule has 7 nitrogen and oxygen atoms in total. The standard InChI is InChI=1S/C17H21N5O2/c1-11-15(4-3-6-18-11)21-17(24)14-10-20-22-7-5-13(8-16(14)22)9-19-12(2)23/h3-4,6,10,13H,5,7-9H2,1-2H3,(H,19,23)(H,21,24). The van der Waals surface area contributed by atoms with Gasteiger partial charge in [0.05, 0.1) is 28.8 Å². The number of aryl methyl sites for hydroxylation is 2. The molecule has 1 aliphatic rings. The molecule has 2 N–H and O–H groups in total. The summed E-state index contributed by atoms with van der Waals surface area (Å²) >= 11 is 0. The van der Waals surface area contributed by atoms with Gasteiger partial charge in [0.15, 0.2) is 0 Å². The molecule has 24 heavy (non-hydrogen) atoms. The Balaban J connectivity index is 1.74. The molecule has 2 aromatic rings. The van der Waals surface area contributed by atoms with Crippen LogP contribution in [-0.2, 0) is 17.8 Å². The fourth-order valence-corrected chi connectivity index (χ4v) is 2.96. The molecular formula is C17H21N5O2. The number of aromatic nitrogens is 3. The number of amides is 2. The Morgan fingerprint density at radius 2 is 2.25 bits per heavy atom. The molecule has 0 fully saturated rings. The van der Waals surface area contributed by atoms with Crippen molar-refractivity contribution in [1.82, 2.24) is 20.1 Å². The van der Waals surface area contributed by atoms with E-state index in [4.69, 9.17) is 0 Å². The van der Waals surface area contributed by atoms with Crippen LogP contribution in [0.3, 0.4) is 0 Å². The summed E-state index contributed by atoms with van der Waals surface area (Å²) in [5.41, 5.74) is 2.99. The van der Waals surface area contributed by atoms with Gasteiger partial charge in [-0.25, -0.2) is 0 Å². The highest BCUT2D eigenvalue weighted by atomic mass is 16.2. The number of hydrogen-bond donors (Lipinski definition) is 2. The van der Waals surface area contributed by atoms with Crippen molar-refractivity contribution in [2.24, 2.45) is 5.92 Å². The molecular weight excluding hydrogens is 306 g/mol. The fraction of sp³-hybridized carbons (Fsp3) is 0.412. The number of hydrogen-bond acceptors (Lipinski definition) is 4. The molecule has 1 unspecified atom stereocenters. The number of nitrogens with zero attached hydrogens (tertiary/aromatic N) is 3. The van der Waals surface area contributed by atoms with Gasteiger partial charge in [-0.1, -0.05) is 0 Å². The average molecular weight is 327 g/mol. The maximum atomic E-state index is 12.6. The number of pyridine rings is 1. The first-order valence-corrected chi connectivity index (χ1v) is 8.06. The second-order valence-corrected chi connectivity index (χ2v) is 6.11. The zero-order valence-corrected chi connectivity index (χ0v) is 13.9. The van der Waals surface area contributed by atoms with Gasteiger partial charge in [0.1, 0.15) is 0 Å². The number of carbonyl (C=O) groups excluding carboxylic acids is 2. The Hall–Kier alpha value is -2.70. The fourth-order valence-electron chi connectivity index (χ4n) is 2.96. The van der Waals surface area contributed by atoms with Crippen molar-refractivity contribution in [1.29, 1.82) is 0 Å². The first kappa shape index (κ1) is 16.2. The molecule has 0 saturated heterocycles. The van der Waals surface area contributed by atoms with Crippen LogP contribution < -0.4 is 10.6 Å². The lowest BCUT2D eigenvalue weighted by molar-refractivity contribution is -0.119. The summed E-state index contributed by atoms with van der Waals surface area (Å²) in [7, 11) is 0. The van der Waals surface area contributed by atoms with Gasteiger partial charge in [0.2, 0.25) is 5.91 Å². The molecule has 7 heteroatoms. The topological polar surface area (TPSA) is 88.9 Å². The average Bonchev–Trinajstić information content (AvgIpc) is 2.98. The summed E-state index contributed by atoms with van der Waals surface area (Å²) in [6, 6.07) is 3.62. The van der Waals surface area contributed by atoms with Gasteiger partial charge in [-0.2, -0.15) is 5.10 Å². The molecule has 1 atom stereocenters. The molecule has 0 aromatic carbocycles. The minimum absolute atomic E-state index is 0.0286. The van der Waals surface area contributed by atoms with E-state index in [1.54, 1.807) is 18.5 Å². The monoisotopic (exact) mass is 327 g/mol. The van der Waals surface area contributed by atoms with Crippen LogP contribution in [-0.4, -0.2) is 33.1 Å². The van der Waals surface area contributed by atoms with Crippen LogP contribution in [0.25, 0.3) is 0 Å². The molecule has 0 radical (unpaired) electrons. The van der Waals surface area contributed by atoms with Crippen LogP contribution in [0, 0.1) is 12.8 Å². The van der Waals surface area contributed by atoms with Crippen molar-refractivity contribution < 1.29 is 9.59 Å². The van der Waals surface area contributed by atoms with Crippen LogP contribution in [0.4, 0.5) is 5.69 Å². The maximum Gasteiger partial charge on any atom is 0.259 e. The largest absolute Gasteiger partial charge is 0.356 e. The van der Waals surface area contributed by atoms with Crippen LogP contribution in [0.2, 0.25) is 0 Å². The third-order valence-electron chi connectivity index (χ3n) is 4.32. The van der Waals surface area contributed by atoms with E-state index < -0.39 is 0 Å². The zero-order valence-electron chi connectivity index (χ0n) is 13.9. The normalized spacial score (nSPS) is 16.3. The third-order valence-corrected chi connectivity index (χ3v) is 4.32. The molecule has 0 bridgehead atoms. The van der Waals surface area contributed by atoms with Crippen molar-refractivity contribution in [2.45, 2.75) is 33.2 Å². The lowest BCUT2D eigenvalue weighted by Crippen LogP contribution is -2.32. The molecule has 0 spiro atoms. The molecule has 0 saturated carbocycles. The van der Waals surface area contributed by atoms with Gasteiger partial charge >= 0.3 is 0 Å². The van der Waals surface area contributed by atoms with Crippen molar-refractivity contribution in [3.8, 4) is 0 Å². The Morgan fingerprint density at radius 1 is 1.42 bits per heavy atom. The highest BCUT2D eigenvalue weighted by Gasteiger charge is 2.25. The van der Waals surface area contributed by atoms with E-state index in [0.29, 0.717) is 23.7 Å². The Morgan fingerprint density at radius 3 is 3.00 bits per heavy atom. The quantitative estimate of drug-likeness (QED) is 0.891. The summed E-state index contributed by atoms with van der Waals surface area (Å²) in [6.45, 7) is 4.76. The summed E-state index contributed by atoms with van der Waals surface area (Å²) in [5, 5.41) is 10.1. The number of fused-ring (bicyclic) bond motifs is 1. The van der Waals surface area contributed by atoms with Crippen LogP contribution in [0.1, 0.15) is 35.1 Å². The van der Waals surface area contributed by atoms with E-state index in [-0.39, 0.29) is 11.8 Å². The van der Waals surface area contributed by atoms with E-state index in [0.717, 1.165) is 30.8 Å². The Bertz CT molecular complexity index is 768. The lowest BCUT2D eigenvalue weighted by atomic mass is 9.94. The first-order valence-electron chi connectivity index (χ1n) is 8.06. The third kappa shape index (κ3) is 3.45. The Labute approximate surface area is 140 Å².